The fourth-order valence-corrected chi connectivity index (χ4v) is 3.81. The average molecular weight is 340 g/mol. The molecule has 0 aliphatic carbocycles. The van der Waals surface area contributed by atoms with Gasteiger partial charge in [-0.25, -0.2) is 4.98 Å². The van der Waals surface area contributed by atoms with E-state index in [1.54, 1.807) is 0 Å². The second-order valence-corrected chi connectivity index (χ2v) is 6.84. The van der Waals surface area contributed by atoms with E-state index < -0.39 is 0 Å². The number of rotatable bonds is 4. The molecule has 2 saturated heterocycles. The molecule has 2 aliphatic heterocycles. The number of pyridine rings is 1. The van der Waals surface area contributed by atoms with E-state index in [-0.39, 0.29) is 12.0 Å². The van der Waals surface area contributed by atoms with Gasteiger partial charge in [-0.05, 0) is 37.8 Å². The van der Waals surface area contributed by atoms with E-state index in [1.165, 1.54) is 0 Å². The third kappa shape index (κ3) is 3.58. The highest BCUT2D eigenvalue weighted by molar-refractivity contribution is 5.81. The van der Waals surface area contributed by atoms with Crippen LogP contribution in [0.2, 0.25) is 0 Å². The fourth-order valence-electron chi connectivity index (χ4n) is 3.81. The summed E-state index contributed by atoms with van der Waals surface area (Å²) in [6.45, 7) is 3.04. The zero-order valence-electron chi connectivity index (χ0n) is 14.4. The van der Waals surface area contributed by atoms with Crippen molar-refractivity contribution in [2.24, 2.45) is 0 Å². The first-order valence-electron chi connectivity index (χ1n) is 9.12. The molecule has 1 atom stereocenters. The van der Waals surface area contributed by atoms with Gasteiger partial charge in [-0.2, -0.15) is 0 Å². The Kier molecular flexibility index (Phi) is 4.78. The molecule has 132 valence electrons. The molecule has 0 N–H and O–H groups in total. The largest absolute Gasteiger partial charge is 0.368 e. The molecule has 0 radical (unpaired) electrons. The number of imidazole rings is 1. The SMILES string of the molecule is O=C([C@@H]1CCCO1)N1CCC(c2nccn2Cc2ccccn2)CC1. The number of aromatic nitrogens is 3. The van der Waals surface area contributed by atoms with E-state index >= 15 is 0 Å². The first-order chi connectivity index (χ1) is 12.3. The lowest BCUT2D eigenvalue weighted by Gasteiger charge is -2.33. The van der Waals surface area contributed by atoms with Crippen LogP contribution in [0.1, 0.15) is 43.1 Å². The molecule has 1 amide bonds. The molecule has 4 rings (SSSR count). The van der Waals surface area contributed by atoms with E-state index in [4.69, 9.17) is 4.74 Å². The summed E-state index contributed by atoms with van der Waals surface area (Å²) < 4.78 is 7.72. The Hall–Kier alpha value is -2.21. The zero-order valence-corrected chi connectivity index (χ0v) is 14.4. The summed E-state index contributed by atoms with van der Waals surface area (Å²) in [5, 5.41) is 0. The normalized spacial score (nSPS) is 21.6. The van der Waals surface area contributed by atoms with Crippen molar-refractivity contribution in [1.29, 1.82) is 0 Å². The molecule has 4 heterocycles. The maximum absolute atomic E-state index is 12.5. The lowest BCUT2D eigenvalue weighted by atomic mass is 9.95. The summed E-state index contributed by atoms with van der Waals surface area (Å²) in [5.41, 5.74) is 1.03. The third-order valence-corrected chi connectivity index (χ3v) is 5.18. The van der Waals surface area contributed by atoms with Crippen molar-refractivity contribution in [3.63, 3.8) is 0 Å². The van der Waals surface area contributed by atoms with Crippen molar-refractivity contribution in [3.05, 3.63) is 48.3 Å². The minimum Gasteiger partial charge on any atom is -0.368 e. The second kappa shape index (κ2) is 7.35. The molecule has 2 aromatic heterocycles. The lowest BCUT2D eigenvalue weighted by Crippen LogP contribution is -2.43. The van der Waals surface area contributed by atoms with Gasteiger partial charge in [-0.1, -0.05) is 6.07 Å². The van der Waals surface area contributed by atoms with Gasteiger partial charge in [0.25, 0.3) is 5.91 Å². The van der Waals surface area contributed by atoms with Gasteiger partial charge < -0.3 is 14.2 Å². The van der Waals surface area contributed by atoms with Crippen molar-refractivity contribution in [2.45, 2.75) is 44.2 Å². The number of piperidine rings is 1. The molecule has 0 unspecified atom stereocenters. The van der Waals surface area contributed by atoms with Gasteiger partial charge in [-0.3, -0.25) is 9.78 Å². The average Bonchev–Trinajstić information content (AvgIpc) is 3.34. The fraction of sp³-hybridized carbons (Fsp3) is 0.526. The molecular formula is C19H24N4O2. The minimum atomic E-state index is -0.206. The number of ether oxygens (including phenoxy) is 1. The summed E-state index contributed by atoms with van der Waals surface area (Å²) >= 11 is 0. The Bertz CT molecular complexity index is 701. The summed E-state index contributed by atoms with van der Waals surface area (Å²) in [6, 6.07) is 5.97. The predicted octanol–water partition coefficient (Wildman–Crippen LogP) is 2.21. The quantitative estimate of drug-likeness (QED) is 0.856. The van der Waals surface area contributed by atoms with E-state index in [2.05, 4.69) is 14.5 Å². The Morgan fingerprint density at radius 2 is 2.04 bits per heavy atom. The van der Waals surface area contributed by atoms with Crippen molar-refractivity contribution in [3.8, 4) is 0 Å². The number of hydrogen-bond acceptors (Lipinski definition) is 4. The molecule has 0 bridgehead atoms. The van der Waals surface area contributed by atoms with Crippen LogP contribution in [0.3, 0.4) is 0 Å². The monoisotopic (exact) mass is 340 g/mol. The highest BCUT2D eigenvalue weighted by Gasteiger charge is 2.32. The van der Waals surface area contributed by atoms with E-state index in [0.717, 1.165) is 63.4 Å². The van der Waals surface area contributed by atoms with Crippen LogP contribution in [0.25, 0.3) is 0 Å². The summed E-state index contributed by atoms with van der Waals surface area (Å²) in [5.74, 6) is 1.68. The van der Waals surface area contributed by atoms with Gasteiger partial charge in [-0.15, -0.1) is 0 Å². The van der Waals surface area contributed by atoms with Crippen LogP contribution in [0.5, 0.6) is 0 Å². The van der Waals surface area contributed by atoms with Crippen molar-refractivity contribution < 1.29 is 9.53 Å². The number of carbonyl (C=O) groups is 1. The molecule has 6 heteroatoms. The van der Waals surface area contributed by atoms with Gasteiger partial charge in [0.15, 0.2) is 0 Å². The number of nitrogens with zero attached hydrogens (tertiary/aromatic N) is 4. The molecule has 2 aromatic rings. The highest BCUT2D eigenvalue weighted by atomic mass is 16.5. The van der Waals surface area contributed by atoms with Crippen LogP contribution < -0.4 is 0 Å². The molecule has 6 nitrogen and oxygen atoms in total. The minimum absolute atomic E-state index is 0.174. The molecule has 0 spiro atoms. The van der Waals surface area contributed by atoms with E-state index in [1.807, 2.05) is 41.7 Å². The lowest BCUT2D eigenvalue weighted by molar-refractivity contribution is -0.142. The zero-order chi connectivity index (χ0) is 17.1. The predicted molar refractivity (Wildman–Crippen MR) is 93.1 cm³/mol. The van der Waals surface area contributed by atoms with Gasteiger partial charge in [0.2, 0.25) is 0 Å². The van der Waals surface area contributed by atoms with Gasteiger partial charge in [0.1, 0.15) is 11.9 Å². The van der Waals surface area contributed by atoms with Gasteiger partial charge in [0.05, 0.1) is 12.2 Å². The van der Waals surface area contributed by atoms with Crippen LogP contribution in [0.15, 0.2) is 36.8 Å². The summed E-state index contributed by atoms with van der Waals surface area (Å²) in [4.78, 5) is 23.4. The van der Waals surface area contributed by atoms with Crippen LogP contribution in [-0.2, 0) is 16.1 Å². The maximum atomic E-state index is 12.5. The van der Waals surface area contributed by atoms with Crippen molar-refractivity contribution in [2.75, 3.05) is 19.7 Å². The topological polar surface area (TPSA) is 60.2 Å². The molecular weight excluding hydrogens is 316 g/mol. The number of hydrogen-bond donors (Lipinski definition) is 0. The highest BCUT2D eigenvalue weighted by Crippen LogP contribution is 2.28. The molecule has 2 fully saturated rings. The summed E-state index contributed by atoms with van der Waals surface area (Å²) in [7, 11) is 0. The Labute approximate surface area is 147 Å². The second-order valence-electron chi connectivity index (χ2n) is 6.84. The Morgan fingerprint density at radius 1 is 1.16 bits per heavy atom. The smallest absolute Gasteiger partial charge is 0.251 e. The standard InChI is InChI=1S/C19H24N4O2/c24-19(17-5-3-13-25-17)22-10-6-15(7-11-22)18-21-9-12-23(18)14-16-4-1-2-8-20-16/h1-2,4,8-9,12,15,17H,3,5-7,10-11,13-14H2/t17-/m0/s1. The van der Waals surface area contributed by atoms with E-state index in [0.29, 0.717) is 5.92 Å². The van der Waals surface area contributed by atoms with Crippen LogP contribution >= 0.6 is 0 Å². The Balaban J connectivity index is 1.38. The number of amides is 1. The van der Waals surface area contributed by atoms with Gasteiger partial charge in [0, 0.05) is 44.2 Å². The van der Waals surface area contributed by atoms with Gasteiger partial charge >= 0.3 is 0 Å². The maximum Gasteiger partial charge on any atom is 0.251 e. The van der Waals surface area contributed by atoms with Crippen molar-refractivity contribution in [1.82, 2.24) is 19.4 Å². The number of likely N-dealkylation sites (tertiary alicyclic amines) is 1. The van der Waals surface area contributed by atoms with Crippen LogP contribution in [-0.4, -0.2) is 51.1 Å². The molecule has 0 aromatic carbocycles. The van der Waals surface area contributed by atoms with Crippen LogP contribution in [0, 0.1) is 0 Å². The van der Waals surface area contributed by atoms with Crippen molar-refractivity contribution >= 4 is 5.91 Å². The van der Waals surface area contributed by atoms with Crippen LogP contribution in [0.4, 0.5) is 0 Å². The first-order valence-corrected chi connectivity index (χ1v) is 9.12. The van der Waals surface area contributed by atoms with E-state index in [9.17, 15) is 4.79 Å². The number of carbonyl (C=O) groups excluding carboxylic acids is 1. The molecule has 25 heavy (non-hydrogen) atoms. The first kappa shape index (κ1) is 16.3. The Morgan fingerprint density at radius 3 is 2.76 bits per heavy atom. The molecule has 2 aliphatic rings. The third-order valence-electron chi connectivity index (χ3n) is 5.18. The summed E-state index contributed by atoms with van der Waals surface area (Å²) in [6.07, 6.45) is 9.28. The molecule has 0 saturated carbocycles.